The van der Waals surface area contributed by atoms with Crippen molar-refractivity contribution in [1.82, 2.24) is 9.13 Å². The number of fused-ring (bicyclic) bond motifs is 11. The molecule has 274 valence electrons. The van der Waals surface area contributed by atoms with Crippen molar-refractivity contribution in [2.75, 3.05) is 0 Å². The van der Waals surface area contributed by atoms with Gasteiger partial charge in [0.05, 0.1) is 28.0 Å². The second-order valence-electron chi connectivity index (χ2n) is 16.0. The van der Waals surface area contributed by atoms with Crippen LogP contribution in [0, 0.1) is 0 Å². The van der Waals surface area contributed by atoms with Crippen molar-refractivity contribution >= 4 is 49.4 Å². The van der Waals surface area contributed by atoms with Crippen molar-refractivity contribution in [3.63, 3.8) is 0 Å². The molecular weight excluding hydrogens is 717 g/mol. The molecule has 0 spiro atoms. The molecule has 3 nitrogen and oxygen atoms in total. The summed E-state index contributed by atoms with van der Waals surface area (Å²) in [5.41, 5.74) is 19.1. The van der Waals surface area contributed by atoms with E-state index in [1.54, 1.807) is 0 Å². The molecule has 3 heteroatoms. The molecule has 0 N–H and O–H groups in total. The van der Waals surface area contributed by atoms with Crippen LogP contribution in [-0.4, -0.2) is 14.9 Å². The van der Waals surface area contributed by atoms with E-state index in [2.05, 4.69) is 197 Å². The van der Waals surface area contributed by atoms with Crippen LogP contribution in [0.2, 0.25) is 0 Å². The van der Waals surface area contributed by atoms with Gasteiger partial charge in [-0.05, 0) is 134 Å². The Morgan fingerprint density at radius 3 is 1.37 bits per heavy atom. The lowest BCUT2D eigenvalue weighted by atomic mass is 9.76. The Labute approximate surface area is 340 Å². The number of nitrogens with zero attached hydrogens (tertiary/aromatic N) is 2. The number of carbonyl (C=O) groups excluding carboxylic acids is 1. The van der Waals surface area contributed by atoms with Gasteiger partial charge in [-0.2, -0.15) is 0 Å². The Hall–Kier alpha value is -7.75. The first-order valence-electron chi connectivity index (χ1n) is 20.3. The van der Waals surface area contributed by atoms with Gasteiger partial charge in [0.2, 0.25) is 0 Å². The highest BCUT2D eigenvalue weighted by Gasteiger charge is 2.41. The van der Waals surface area contributed by atoms with Gasteiger partial charge < -0.3 is 9.13 Å². The van der Waals surface area contributed by atoms with Gasteiger partial charge in [0.1, 0.15) is 0 Å². The third kappa shape index (κ3) is 4.56. The molecule has 1 atom stereocenters. The molecule has 9 aromatic carbocycles. The highest BCUT2D eigenvalue weighted by atomic mass is 16.1. The fraction of sp³-hybridized carbons (Fsp3) is 0.0179. The van der Waals surface area contributed by atoms with E-state index < -0.39 is 0 Å². The molecule has 0 amide bonds. The number of aromatic nitrogens is 2. The number of ketones is 1. The highest BCUT2D eigenvalue weighted by Crippen LogP contribution is 2.56. The monoisotopic (exact) mass is 750 g/mol. The molecule has 2 aromatic heterocycles. The second-order valence-corrected chi connectivity index (χ2v) is 16.0. The van der Waals surface area contributed by atoms with Crippen LogP contribution in [0.3, 0.4) is 0 Å². The number of para-hydroxylation sites is 4. The van der Waals surface area contributed by atoms with E-state index in [0.717, 1.165) is 72.6 Å². The van der Waals surface area contributed by atoms with Crippen LogP contribution in [0.1, 0.15) is 27.4 Å². The van der Waals surface area contributed by atoms with Crippen molar-refractivity contribution in [3.8, 4) is 55.9 Å². The summed E-state index contributed by atoms with van der Waals surface area (Å²) in [6.45, 7) is 0. The van der Waals surface area contributed by atoms with Gasteiger partial charge in [0.25, 0.3) is 0 Å². The predicted molar refractivity (Wildman–Crippen MR) is 243 cm³/mol. The summed E-state index contributed by atoms with van der Waals surface area (Å²) in [5.74, 6) is -0.149. The summed E-state index contributed by atoms with van der Waals surface area (Å²) in [6, 6.07) is 71.9. The van der Waals surface area contributed by atoms with Crippen LogP contribution in [0.4, 0.5) is 0 Å². The second kappa shape index (κ2) is 12.1. The van der Waals surface area contributed by atoms with Gasteiger partial charge >= 0.3 is 0 Å². The quantitative estimate of drug-likeness (QED) is 0.176. The normalized spacial score (nSPS) is 14.0. The Bertz CT molecular complexity index is 3570. The molecule has 11 aromatic rings. The van der Waals surface area contributed by atoms with E-state index in [9.17, 15) is 4.79 Å². The predicted octanol–water partition coefficient (Wildman–Crippen LogP) is 14.2. The summed E-state index contributed by atoms with van der Waals surface area (Å²) in [5, 5.41) is 4.90. The Morgan fingerprint density at radius 1 is 0.322 bits per heavy atom. The average molecular weight is 751 g/mol. The zero-order chi connectivity index (χ0) is 38.8. The minimum Gasteiger partial charge on any atom is -0.309 e. The molecule has 0 bridgehead atoms. The van der Waals surface area contributed by atoms with Crippen molar-refractivity contribution in [3.05, 3.63) is 217 Å². The Balaban J connectivity index is 1.01. The smallest absolute Gasteiger partial charge is 0.175 e. The fourth-order valence-corrected chi connectivity index (χ4v) is 10.3. The van der Waals surface area contributed by atoms with Gasteiger partial charge in [-0.25, -0.2) is 0 Å². The van der Waals surface area contributed by atoms with Crippen LogP contribution in [0.5, 0.6) is 0 Å². The Kier molecular flexibility index (Phi) is 6.65. The average Bonchev–Trinajstić information content (AvgIpc) is 3.94. The Morgan fingerprint density at radius 2 is 0.763 bits per heavy atom. The zero-order valence-electron chi connectivity index (χ0n) is 31.9. The van der Waals surface area contributed by atoms with Gasteiger partial charge in [-0.15, -0.1) is 0 Å². The summed E-state index contributed by atoms with van der Waals surface area (Å²) in [4.78, 5) is 14.5. The molecule has 13 rings (SSSR count). The lowest BCUT2D eigenvalue weighted by molar-refractivity contribution is 0.0974. The van der Waals surface area contributed by atoms with Gasteiger partial charge in [-0.3, -0.25) is 4.79 Å². The van der Waals surface area contributed by atoms with E-state index in [4.69, 9.17) is 0 Å². The molecule has 59 heavy (non-hydrogen) atoms. The third-order valence-corrected chi connectivity index (χ3v) is 12.9. The molecule has 0 saturated heterocycles. The summed E-state index contributed by atoms with van der Waals surface area (Å²) in [7, 11) is 0. The maximum Gasteiger partial charge on any atom is 0.175 e. The number of hydrogen-bond acceptors (Lipinski definition) is 1. The van der Waals surface area contributed by atoms with E-state index in [0.29, 0.717) is 0 Å². The van der Waals surface area contributed by atoms with E-state index in [1.165, 1.54) is 43.6 Å². The summed E-state index contributed by atoms with van der Waals surface area (Å²) in [6.07, 6.45) is 0. The van der Waals surface area contributed by atoms with Crippen LogP contribution in [-0.2, 0) is 0 Å². The van der Waals surface area contributed by atoms with Gasteiger partial charge in [0.15, 0.2) is 5.78 Å². The molecule has 2 aliphatic rings. The third-order valence-electron chi connectivity index (χ3n) is 12.9. The molecule has 2 heterocycles. The number of rotatable bonds is 4. The molecular formula is C56H34N2O. The molecule has 0 aliphatic heterocycles. The van der Waals surface area contributed by atoms with E-state index >= 15 is 0 Å². The highest BCUT2D eigenvalue weighted by molar-refractivity contribution is 6.17. The lowest BCUT2D eigenvalue weighted by Crippen LogP contribution is -2.18. The number of carbonyl (C=O) groups is 1. The van der Waals surface area contributed by atoms with Crippen molar-refractivity contribution in [2.45, 2.75) is 5.92 Å². The van der Waals surface area contributed by atoms with Crippen LogP contribution >= 0.6 is 0 Å². The van der Waals surface area contributed by atoms with Crippen molar-refractivity contribution < 1.29 is 4.79 Å². The molecule has 0 fully saturated rings. The number of hydrogen-bond donors (Lipinski definition) is 0. The summed E-state index contributed by atoms with van der Waals surface area (Å²) >= 11 is 0. The fourth-order valence-electron chi connectivity index (χ4n) is 10.3. The van der Waals surface area contributed by atoms with Crippen LogP contribution in [0.15, 0.2) is 200 Å². The lowest BCUT2D eigenvalue weighted by Gasteiger charge is -2.25. The number of benzene rings is 9. The van der Waals surface area contributed by atoms with Gasteiger partial charge in [0, 0.05) is 38.5 Å². The SMILES string of the molecule is O=C1c2ccccc2-c2cc(-c3ccc4c(c3)c3ccccc3n4-c3ccccc3)cc3c2C1c1ccc(-c2ccc4c(c2)c2ccccc2n4-c2ccccc2)cc1-3. The van der Waals surface area contributed by atoms with Crippen molar-refractivity contribution in [1.29, 1.82) is 0 Å². The minimum atomic E-state index is -0.328. The first-order chi connectivity index (χ1) is 29.2. The van der Waals surface area contributed by atoms with Crippen LogP contribution in [0.25, 0.3) is 99.5 Å². The molecule has 1 unspecified atom stereocenters. The van der Waals surface area contributed by atoms with E-state index in [1.807, 2.05) is 12.1 Å². The molecule has 2 aliphatic carbocycles. The van der Waals surface area contributed by atoms with Gasteiger partial charge in [-0.1, -0.05) is 121 Å². The molecule has 0 radical (unpaired) electrons. The largest absolute Gasteiger partial charge is 0.309 e. The number of Topliss-reactive ketones (excluding diaryl/α,β-unsaturated/α-hetero) is 1. The topological polar surface area (TPSA) is 26.9 Å². The van der Waals surface area contributed by atoms with Crippen LogP contribution < -0.4 is 0 Å². The summed E-state index contributed by atoms with van der Waals surface area (Å²) < 4.78 is 4.72. The maximum absolute atomic E-state index is 14.5. The zero-order valence-corrected chi connectivity index (χ0v) is 31.9. The first kappa shape index (κ1) is 32.3. The standard InChI is InChI=1S/C56H34N2O/c59-56-44-20-8-7-17-40(44)48-32-37(36-25-28-53-47(31-36)42-19-10-12-22-51(42)58(53)39-15-5-2-6-16-39)33-49-45-29-34(23-26-43(45)55(56)54(48)49)35-24-27-52-46(30-35)41-18-9-11-21-50(41)57(52)38-13-3-1-4-14-38/h1-33,55H. The maximum atomic E-state index is 14.5. The van der Waals surface area contributed by atoms with Crippen molar-refractivity contribution in [2.24, 2.45) is 0 Å². The molecule has 0 saturated carbocycles. The minimum absolute atomic E-state index is 0.180. The van der Waals surface area contributed by atoms with E-state index in [-0.39, 0.29) is 11.7 Å². The first-order valence-corrected chi connectivity index (χ1v) is 20.3.